The van der Waals surface area contributed by atoms with Gasteiger partial charge in [-0.3, -0.25) is 0 Å². The van der Waals surface area contributed by atoms with E-state index in [-0.39, 0.29) is 17.1 Å². The number of nitrogens with zero attached hydrogens (tertiary/aromatic N) is 1. The predicted octanol–water partition coefficient (Wildman–Crippen LogP) is 1.91. The molecule has 1 aromatic carbocycles. The molecule has 3 N–H and O–H groups in total. The first-order valence-corrected chi connectivity index (χ1v) is 8.12. The highest BCUT2D eigenvalue weighted by Crippen LogP contribution is 2.25. The fourth-order valence-electron chi connectivity index (χ4n) is 1.99. The fourth-order valence-corrected chi connectivity index (χ4v) is 3.39. The van der Waals surface area contributed by atoms with Gasteiger partial charge in [-0.15, -0.1) is 0 Å². The quantitative estimate of drug-likeness (QED) is 0.822. The lowest BCUT2D eigenvalue weighted by atomic mass is 10.1. The summed E-state index contributed by atoms with van der Waals surface area (Å²) >= 11 is 0. The van der Waals surface area contributed by atoms with Crippen LogP contribution in [0.5, 0.6) is 0 Å². The van der Waals surface area contributed by atoms with E-state index >= 15 is 0 Å². The second kappa shape index (κ2) is 5.87. The minimum atomic E-state index is -3.71. The van der Waals surface area contributed by atoms with Crippen molar-refractivity contribution in [1.29, 1.82) is 0 Å². The third-order valence-electron chi connectivity index (χ3n) is 3.34. The second-order valence-electron chi connectivity index (χ2n) is 4.82. The van der Waals surface area contributed by atoms with Gasteiger partial charge in [0, 0.05) is 6.42 Å². The van der Waals surface area contributed by atoms with Gasteiger partial charge >= 0.3 is 0 Å². The molecule has 0 unspecified atom stereocenters. The van der Waals surface area contributed by atoms with Gasteiger partial charge < -0.3 is 10.2 Å². The third-order valence-corrected chi connectivity index (χ3v) is 4.94. The van der Waals surface area contributed by atoms with Gasteiger partial charge in [-0.1, -0.05) is 13.0 Å². The number of hydrogen-bond acceptors (Lipinski definition) is 5. The van der Waals surface area contributed by atoms with Crippen LogP contribution in [-0.4, -0.2) is 13.4 Å². The van der Waals surface area contributed by atoms with Crippen molar-refractivity contribution >= 4 is 15.7 Å². The second-order valence-corrected chi connectivity index (χ2v) is 6.53. The molecular weight excluding hydrogens is 290 g/mol. The molecule has 0 atom stereocenters. The SMILES string of the molecule is CCc1cnc(CNS(=O)(=O)c2c(N)ccc(C)c2C)o1. The Balaban J connectivity index is 2.25. The lowest BCUT2D eigenvalue weighted by Gasteiger charge is -2.12. The molecule has 0 spiro atoms. The maximum atomic E-state index is 12.4. The fraction of sp³-hybridized carbons (Fsp3) is 0.357. The van der Waals surface area contributed by atoms with Crippen LogP contribution >= 0.6 is 0 Å². The summed E-state index contributed by atoms with van der Waals surface area (Å²) in [5, 5.41) is 0. The number of hydrogen-bond donors (Lipinski definition) is 2. The molecule has 21 heavy (non-hydrogen) atoms. The van der Waals surface area contributed by atoms with Gasteiger partial charge in [-0.25, -0.2) is 18.1 Å². The van der Waals surface area contributed by atoms with E-state index in [9.17, 15) is 8.42 Å². The van der Waals surface area contributed by atoms with E-state index in [1.54, 1.807) is 25.3 Å². The van der Waals surface area contributed by atoms with E-state index in [0.717, 1.165) is 11.3 Å². The van der Waals surface area contributed by atoms with Gasteiger partial charge in [0.1, 0.15) is 10.7 Å². The number of aromatic nitrogens is 1. The van der Waals surface area contributed by atoms with Crippen LogP contribution in [0.1, 0.15) is 29.7 Å². The maximum absolute atomic E-state index is 12.4. The van der Waals surface area contributed by atoms with Crippen molar-refractivity contribution in [2.75, 3.05) is 5.73 Å². The van der Waals surface area contributed by atoms with Gasteiger partial charge in [0.15, 0.2) is 0 Å². The van der Waals surface area contributed by atoms with Gasteiger partial charge in [0.25, 0.3) is 0 Å². The monoisotopic (exact) mass is 309 g/mol. The van der Waals surface area contributed by atoms with E-state index in [1.165, 1.54) is 0 Å². The van der Waals surface area contributed by atoms with Crippen molar-refractivity contribution in [3.05, 3.63) is 41.1 Å². The number of rotatable bonds is 5. The molecule has 6 nitrogen and oxygen atoms in total. The highest BCUT2D eigenvalue weighted by molar-refractivity contribution is 7.89. The van der Waals surface area contributed by atoms with E-state index in [1.807, 2.05) is 13.8 Å². The van der Waals surface area contributed by atoms with Crippen LogP contribution < -0.4 is 10.5 Å². The number of benzene rings is 1. The minimum absolute atomic E-state index is 0.00481. The van der Waals surface area contributed by atoms with Crippen LogP contribution in [-0.2, 0) is 23.0 Å². The summed E-state index contributed by atoms with van der Waals surface area (Å²) in [5.74, 6) is 1.05. The topological polar surface area (TPSA) is 98.2 Å². The van der Waals surface area contributed by atoms with Crippen LogP contribution in [0.4, 0.5) is 5.69 Å². The Morgan fingerprint density at radius 1 is 1.33 bits per heavy atom. The Hall–Kier alpha value is -1.86. The van der Waals surface area contributed by atoms with Crippen molar-refractivity contribution in [2.45, 2.75) is 38.6 Å². The number of nitrogens with two attached hydrogens (primary N) is 1. The van der Waals surface area contributed by atoms with Gasteiger partial charge in [0.2, 0.25) is 15.9 Å². The number of nitrogen functional groups attached to an aromatic ring is 1. The summed E-state index contributed by atoms with van der Waals surface area (Å²) in [6.45, 7) is 5.51. The maximum Gasteiger partial charge on any atom is 0.243 e. The number of oxazole rings is 1. The molecule has 0 saturated carbocycles. The number of anilines is 1. The van der Waals surface area contributed by atoms with Crippen molar-refractivity contribution in [3.63, 3.8) is 0 Å². The molecule has 1 aromatic heterocycles. The third kappa shape index (κ3) is 3.25. The molecule has 1 heterocycles. The van der Waals surface area contributed by atoms with Gasteiger partial charge in [-0.2, -0.15) is 0 Å². The first kappa shape index (κ1) is 15.5. The van der Waals surface area contributed by atoms with E-state index in [4.69, 9.17) is 10.2 Å². The molecule has 7 heteroatoms. The largest absolute Gasteiger partial charge is 0.444 e. The van der Waals surface area contributed by atoms with Gasteiger partial charge in [-0.05, 0) is 31.0 Å². The van der Waals surface area contributed by atoms with Crippen molar-refractivity contribution < 1.29 is 12.8 Å². The minimum Gasteiger partial charge on any atom is -0.444 e. The Kier molecular flexibility index (Phi) is 4.34. The molecule has 0 radical (unpaired) electrons. The average molecular weight is 309 g/mol. The van der Waals surface area contributed by atoms with Gasteiger partial charge in [0.05, 0.1) is 18.4 Å². The van der Waals surface area contributed by atoms with Crippen LogP contribution in [0.25, 0.3) is 0 Å². The molecule has 2 aromatic rings. The Bertz CT molecular complexity index is 751. The summed E-state index contributed by atoms with van der Waals surface area (Å²) in [6, 6.07) is 3.39. The Morgan fingerprint density at radius 3 is 2.67 bits per heavy atom. The highest BCUT2D eigenvalue weighted by atomic mass is 32.2. The highest BCUT2D eigenvalue weighted by Gasteiger charge is 2.21. The summed E-state index contributed by atoms with van der Waals surface area (Å²) in [5.41, 5.74) is 7.55. The summed E-state index contributed by atoms with van der Waals surface area (Å²) < 4.78 is 32.7. The van der Waals surface area contributed by atoms with Crippen molar-refractivity contribution in [1.82, 2.24) is 9.71 Å². The van der Waals surface area contributed by atoms with E-state index in [2.05, 4.69) is 9.71 Å². The normalized spacial score (nSPS) is 11.8. The average Bonchev–Trinajstić information content (AvgIpc) is 2.89. The number of sulfonamides is 1. The standard InChI is InChI=1S/C14H19N3O3S/c1-4-11-7-16-13(20-11)8-17-21(18,19)14-10(3)9(2)5-6-12(14)15/h5-7,17H,4,8,15H2,1-3H3. The molecule has 114 valence electrons. The predicted molar refractivity (Wildman–Crippen MR) is 80.2 cm³/mol. The Morgan fingerprint density at radius 2 is 2.05 bits per heavy atom. The molecule has 0 saturated heterocycles. The van der Waals surface area contributed by atoms with E-state index in [0.29, 0.717) is 17.9 Å². The smallest absolute Gasteiger partial charge is 0.243 e. The summed E-state index contributed by atoms with van der Waals surface area (Å²) in [6.07, 6.45) is 2.31. The Labute approximate surface area is 124 Å². The molecule has 0 aliphatic carbocycles. The lowest BCUT2D eigenvalue weighted by Crippen LogP contribution is -2.25. The molecule has 0 fully saturated rings. The molecular formula is C14H19N3O3S. The molecule has 2 rings (SSSR count). The molecule has 0 aliphatic heterocycles. The van der Waals surface area contributed by atoms with Crippen LogP contribution in [0.3, 0.4) is 0 Å². The lowest BCUT2D eigenvalue weighted by molar-refractivity contribution is 0.452. The van der Waals surface area contributed by atoms with Crippen molar-refractivity contribution in [2.24, 2.45) is 0 Å². The molecule has 0 aliphatic rings. The molecule has 0 bridgehead atoms. The molecule has 0 amide bonds. The van der Waals surface area contributed by atoms with Crippen LogP contribution in [0.2, 0.25) is 0 Å². The van der Waals surface area contributed by atoms with Crippen molar-refractivity contribution in [3.8, 4) is 0 Å². The zero-order chi connectivity index (χ0) is 15.6. The van der Waals surface area contributed by atoms with Crippen LogP contribution in [0.15, 0.2) is 27.6 Å². The number of aryl methyl sites for hydroxylation is 2. The summed E-state index contributed by atoms with van der Waals surface area (Å²) in [7, 11) is -3.71. The zero-order valence-corrected chi connectivity index (χ0v) is 13.1. The first-order chi connectivity index (χ1) is 9.85. The first-order valence-electron chi connectivity index (χ1n) is 6.64. The van der Waals surface area contributed by atoms with Crippen LogP contribution in [0, 0.1) is 13.8 Å². The zero-order valence-electron chi connectivity index (χ0n) is 12.3. The number of nitrogens with one attached hydrogen (secondary N) is 1. The van der Waals surface area contributed by atoms with E-state index < -0.39 is 10.0 Å². The summed E-state index contributed by atoms with van der Waals surface area (Å²) in [4.78, 5) is 4.14.